The van der Waals surface area contributed by atoms with Crippen molar-refractivity contribution in [1.82, 2.24) is 0 Å². The Morgan fingerprint density at radius 1 is 0.520 bits per heavy atom. The molecule has 124 valence electrons. The summed E-state index contributed by atoms with van der Waals surface area (Å²) in [6.45, 7) is 0. The third-order valence-corrected chi connectivity index (χ3v) is 5.58. The highest BCUT2D eigenvalue weighted by molar-refractivity contribution is 7.55. The van der Waals surface area contributed by atoms with Crippen molar-refractivity contribution in [3.63, 3.8) is 0 Å². The van der Waals surface area contributed by atoms with Gasteiger partial charge in [-0.05, 0) is 68.6 Å². The highest BCUT2D eigenvalue weighted by atomic mass is 31.1. The van der Waals surface area contributed by atoms with Gasteiger partial charge in [0.25, 0.3) is 0 Å². The van der Waals surface area contributed by atoms with Crippen LogP contribution in [0.3, 0.4) is 0 Å². The van der Waals surface area contributed by atoms with Gasteiger partial charge in [0.05, 0.1) is 14.2 Å². The topological polar surface area (TPSA) is 18.5 Å². The Hall–Kier alpha value is -2.57. The fourth-order valence-corrected chi connectivity index (χ4v) is 4.15. The second kappa shape index (κ2) is 6.74. The van der Waals surface area contributed by atoms with Crippen molar-refractivity contribution in [2.45, 2.75) is 0 Å². The molecular weight excluding hydrogens is 327 g/mol. The minimum atomic E-state index is 0.636. The number of hydrogen-bond acceptors (Lipinski definition) is 2. The molecule has 0 amide bonds. The molecule has 4 aromatic carbocycles. The maximum atomic E-state index is 5.30. The fourth-order valence-electron chi connectivity index (χ4n) is 3.02. The minimum absolute atomic E-state index is 0.636. The van der Waals surface area contributed by atoms with Crippen LogP contribution in [0, 0.1) is 0 Å². The number of hydrogen-bond donors (Lipinski definition) is 0. The molecule has 0 saturated carbocycles. The zero-order chi connectivity index (χ0) is 17.2. The predicted molar refractivity (Wildman–Crippen MR) is 109 cm³/mol. The van der Waals surface area contributed by atoms with Crippen LogP contribution in [0.15, 0.2) is 72.8 Å². The van der Waals surface area contributed by atoms with Crippen LogP contribution in [-0.4, -0.2) is 14.2 Å². The molecule has 0 heterocycles. The summed E-state index contributed by atoms with van der Waals surface area (Å²) >= 11 is 0. The second-order valence-corrected chi connectivity index (χ2v) is 7.39. The molecule has 0 aliphatic rings. The lowest BCUT2D eigenvalue weighted by atomic mass is 10.1. The lowest BCUT2D eigenvalue weighted by molar-refractivity contribution is 0.415. The summed E-state index contributed by atoms with van der Waals surface area (Å²) < 4.78 is 10.6. The number of ether oxygens (including phenoxy) is 2. The average molecular weight is 346 g/mol. The van der Waals surface area contributed by atoms with Crippen LogP contribution in [0.2, 0.25) is 0 Å². The van der Waals surface area contributed by atoms with Crippen molar-refractivity contribution in [2.75, 3.05) is 14.2 Å². The first kappa shape index (κ1) is 15.9. The Labute approximate surface area is 149 Å². The van der Waals surface area contributed by atoms with Crippen LogP contribution < -0.4 is 20.1 Å². The predicted octanol–water partition coefficient (Wildman–Crippen LogP) is 4.64. The molecular formula is C22H19O2P. The SMILES string of the molecule is COc1ccc2cc(Pc3ccc4cc(OC)ccc4c3)ccc2c1. The fraction of sp³-hybridized carbons (Fsp3) is 0.0909. The zero-order valence-electron chi connectivity index (χ0n) is 14.2. The van der Waals surface area contributed by atoms with E-state index in [0.29, 0.717) is 8.58 Å². The molecule has 0 atom stereocenters. The van der Waals surface area contributed by atoms with Crippen molar-refractivity contribution >= 4 is 40.7 Å². The van der Waals surface area contributed by atoms with E-state index in [1.807, 2.05) is 12.1 Å². The molecule has 2 nitrogen and oxygen atoms in total. The average Bonchev–Trinajstić information content (AvgIpc) is 2.67. The maximum Gasteiger partial charge on any atom is 0.119 e. The van der Waals surface area contributed by atoms with Gasteiger partial charge in [0, 0.05) is 0 Å². The van der Waals surface area contributed by atoms with Gasteiger partial charge in [0.2, 0.25) is 0 Å². The molecule has 0 N–H and O–H groups in total. The second-order valence-electron chi connectivity index (χ2n) is 5.98. The van der Waals surface area contributed by atoms with E-state index >= 15 is 0 Å². The van der Waals surface area contributed by atoms with Crippen molar-refractivity contribution in [3.05, 3.63) is 72.8 Å². The first-order chi connectivity index (χ1) is 12.2. The molecule has 0 aliphatic heterocycles. The van der Waals surface area contributed by atoms with Crippen LogP contribution in [0.4, 0.5) is 0 Å². The Morgan fingerprint density at radius 2 is 0.920 bits per heavy atom. The van der Waals surface area contributed by atoms with Gasteiger partial charge in [-0.15, -0.1) is 0 Å². The van der Waals surface area contributed by atoms with Crippen molar-refractivity contribution in [2.24, 2.45) is 0 Å². The molecule has 3 heteroatoms. The molecule has 0 spiro atoms. The highest BCUT2D eigenvalue weighted by Gasteiger charge is 2.03. The van der Waals surface area contributed by atoms with Gasteiger partial charge in [-0.1, -0.05) is 45.0 Å². The summed E-state index contributed by atoms with van der Waals surface area (Å²) in [6.07, 6.45) is 0. The first-order valence-corrected chi connectivity index (χ1v) is 9.18. The van der Waals surface area contributed by atoms with Crippen LogP contribution >= 0.6 is 8.58 Å². The summed E-state index contributed by atoms with van der Waals surface area (Å²) in [7, 11) is 4.04. The molecule has 0 aliphatic carbocycles. The smallest absolute Gasteiger partial charge is 0.119 e. The molecule has 0 saturated heterocycles. The van der Waals surface area contributed by atoms with Gasteiger partial charge in [-0.25, -0.2) is 0 Å². The van der Waals surface area contributed by atoms with Crippen molar-refractivity contribution in [1.29, 1.82) is 0 Å². The third-order valence-electron chi connectivity index (χ3n) is 4.38. The van der Waals surface area contributed by atoms with Crippen molar-refractivity contribution < 1.29 is 9.47 Å². The van der Waals surface area contributed by atoms with Gasteiger partial charge in [-0.3, -0.25) is 0 Å². The van der Waals surface area contributed by atoms with Crippen LogP contribution in [0.1, 0.15) is 0 Å². The quantitative estimate of drug-likeness (QED) is 0.501. The number of methoxy groups -OCH3 is 2. The van der Waals surface area contributed by atoms with E-state index in [1.165, 1.54) is 32.2 Å². The summed E-state index contributed by atoms with van der Waals surface area (Å²) in [6, 6.07) is 25.7. The van der Waals surface area contributed by atoms with Gasteiger partial charge in [-0.2, -0.15) is 0 Å². The molecule has 4 aromatic rings. The maximum absolute atomic E-state index is 5.30. The highest BCUT2D eigenvalue weighted by Crippen LogP contribution is 2.24. The molecule has 0 unspecified atom stereocenters. The minimum Gasteiger partial charge on any atom is -0.497 e. The summed E-state index contributed by atoms with van der Waals surface area (Å²) in [4.78, 5) is 0. The third kappa shape index (κ3) is 3.31. The van der Waals surface area contributed by atoms with E-state index in [9.17, 15) is 0 Å². The molecule has 0 fully saturated rings. The van der Waals surface area contributed by atoms with Crippen molar-refractivity contribution in [3.8, 4) is 11.5 Å². The summed E-state index contributed by atoms with van der Waals surface area (Å²) in [5.74, 6) is 1.79. The van der Waals surface area contributed by atoms with E-state index in [-0.39, 0.29) is 0 Å². The summed E-state index contributed by atoms with van der Waals surface area (Å²) in [5, 5.41) is 7.58. The van der Waals surface area contributed by atoms with Gasteiger partial charge in [0.1, 0.15) is 11.5 Å². The van der Waals surface area contributed by atoms with E-state index in [0.717, 1.165) is 11.5 Å². The monoisotopic (exact) mass is 346 g/mol. The van der Waals surface area contributed by atoms with E-state index in [1.54, 1.807) is 14.2 Å². The largest absolute Gasteiger partial charge is 0.497 e. The Morgan fingerprint density at radius 3 is 1.36 bits per heavy atom. The van der Waals surface area contributed by atoms with Gasteiger partial charge >= 0.3 is 0 Å². The standard InChI is InChI=1S/C22H19O2P/c1-23-19-7-3-17-13-21(9-5-15(17)11-19)25-22-10-6-16-12-20(24-2)8-4-18(16)14-22/h3-14,25H,1-2H3. The van der Waals surface area contributed by atoms with Gasteiger partial charge in [0.15, 0.2) is 0 Å². The number of rotatable bonds is 4. The van der Waals surface area contributed by atoms with Crippen LogP contribution in [0.5, 0.6) is 11.5 Å². The normalized spacial score (nSPS) is 11.0. The summed E-state index contributed by atoms with van der Waals surface area (Å²) in [5.41, 5.74) is 0. The van der Waals surface area contributed by atoms with E-state index in [4.69, 9.17) is 9.47 Å². The Balaban J connectivity index is 1.64. The number of benzene rings is 4. The van der Waals surface area contributed by atoms with Crippen LogP contribution in [0.25, 0.3) is 21.5 Å². The molecule has 0 aromatic heterocycles. The van der Waals surface area contributed by atoms with E-state index < -0.39 is 0 Å². The first-order valence-electron chi connectivity index (χ1n) is 8.18. The molecule has 0 bridgehead atoms. The lowest BCUT2D eigenvalue weighted by Gasteiger charge is -2.08. The molecule has 4 rings (SSSR count). The molecule has 25 heavy (non-hydrogen) atoms. The Kier molecular flexibility index (Phi) is 4.29. The van der Waals surface area contributed by atoms with Gasteiger partial charge < -0.3 is 9.47 Å². The zero-order valence-corrected chi connectivity index (χ0v) is 15.2. The molecule has 0 radical (unpaired) electrons. The number of fused-ring (bicyclic) bond motifs is 2. The Bertz CT molecular complexity index is 971. The van der Waals surface area contributed by atoms with E-state index in [2.05, 4.69) is 60.7 Å². The van der Waals surface area contributed by atoms with Crippen LogP contribution in [-0.2, 0) is 0 Å². The lowest BCUT2D eigenvalue weighted by Crippen LogP contribution is -2.03.